The zero-order chi connectivity index (χ0) is 13.8. The van der Waals surface area contributed by atoms with E-state index in [1.54, 1.807) is 31.5 Å². The van der Waals surface area contributed by atoms with E-state index in [1.165, 1.54) is 6.07 Å². The van der Waals surface area contributed by atoms with Gasteiger partial charge >= 0.3 is 0 Å². The molecule has 19 heavy (non-hydrogen) atoms. The fourth-order valence-corrected chi connectivity index (χ4v) is 1.77. The van der Waals surface area contributed by atoms with Crippen LogP contribution in [0.3, 0.4) is 0 Å². The number of carbonyl (C=O) groups excluding carboxylic acids is 1. The van der Waals surface area contributed by atoms with Crippen LogP contribution >= 0.6 is 0 Å². The molecule has 0 bridgehead atoms. The maximum Gasteiger partial charge on any atom is 0.251 e. The highest BCUT2D eigenvalue weighted by molar-refractivity contribution is 5.94. The number of amides is 1. The van der Waals surface area contributed by atoms with Crippen LogP contribution in [-0.4, -0.2) is 16.0 Å². The summed E-state index contributed by atoms with van der Waals surface area (Å²) in [6.45, 7) is 3.69. The lowest BCUT2D eigenvalue weighted by atomic mass is 10.1. The molecule has 2 rings (SSSR count). The van der Waals surface area contributed by atoms with Gasteiger partial charge in [0.1, 0.15) is 5.75 Å². The van der Waals surface area contributed by atoms with E-state index in [1.807, 2.05) is 19.1 Å². The van der Waals surface area contributed by atoms with Crippen molar-refractivity contribution in [2.24, 2.45) is 0 Å². The van der Waals surface area contributed by atoms with E-state index < -0.39 is 0 Å². The maximum atomic E-state index is 12.1. The minimum absolute atomic E-state index is 0.112. The van der Waals surface area contributed by atoms with Gasteiger partial charge in [-0.2, -0.15) is 0 Å². The quantitative estimate of drug-likeness (QED) is 0.887. The van der Waals surface area contributed by atoms with Crippen LogP contribution in [0.5, 0.6) is 5.75 Å². The maximum absolute atomic E-state index is 12.1. The molecule has 2 N–H and O–H groups in total. The zero-order valence-corrected chi connectivity index (χ0v) is 10.9. The smallest absolute Gasteiger partial charge is 0.251 e. The second-order valence-electron chi connectivity index (χ2n) is 4.48. The monoisotopic (exact) mass is 256 g/mol. The van der Waals surface area contributed by atoms with Crippen LogP contribution in [0.1, 0.15) is 34.5 Å². The van der Waals surface area contributed by atoms with Crippen LogP contribution < -0.4 is 5.32 Å². The number of carbonyl (C=O) groups is 1. The van der Waals surface area contributed by atoms with Gasteiger partial charge in [0.05, 0.1) is 6.04 Å². The van der Waals surface area contributed by atoms with Gasteiger partial charge in [0.25, 0.3) is 5.91 Å². The number of hydrogen-bond donors (Lipinski definition) is 2. The predicted molar refractivity (Wildman–Crippen MR) is 73.0 cm³/mol. The Labute approximate surface area is 112 Å². The molecule has 2 aromatic rings. The summed E-state index contributed by atoms with van der Waals surface area (Å²) in [5.41, 5.74) is 2.18. The molecule has 0 fully saturated rings. The van der Waals surface area contributed by atoms with Crippen molar-refractivity contribution in [3.63, 3.8) is 0 Å². The Hall–Kier alpha value is -2.36. The van der Waals surface area contributed by atoms with Crippen molar-refractivity contribution in [1.29, 1.82) is 0 Å². The summed E-state index contributed by atoms with van der Waals surface area (Å²) < 4.78 is 0. The van der Waals surface area contributed by atoms with Gasteiger partial charge in [-0.3, -0.25) is 9.78 Å². The number of aryl methyl sites for hydroxylation is 1. The van der Waals surface area contributed by atoms with Crippen LogP contribution in [0.15, 0.2) is 42.7 Å². The van der Waals surface area contributed by atoms with E-state index in [2.05, 4.69) is 10.3 Å². The van der Waals surface area contributed by atoms with Crippen molar-refractivity contribution in [2.75, 3.05) is 0 Å². The van der Waals surface area contributed by atoms with Crippen molar-refractivity contribution in [2.45, 2.75) is 19.9 Å². The number of aromatic hydroxyl groups is 1. The van der Waals surface area contributed by atoms with E-state index in [9.17, 15) is 9.90 Å². The second-order valence-corrected chi connectivity index (χ2v) is 4.48. The molecule has 0 radical (unpaired) electrons. The molecule has 1 aromatic carbocycles. The lowest BCUT2D eigenvalue weighted by molar-refractivity contribution is 0.0939. The highest BCUT2D eigenvalue weighted by Gasteiger charge is 2.12. The van der Waals surface area contributed by atoms with Crippen molar-refractivity contribution < 1.29 is 9.90 Å². The van der Waals surface area contributed by atoms with Crippen molar-refractivity contribution in [3.05, 3.63) is 59.4 Å². The first-order valence-corrected chi connectivity index (χ1v) is 6.08. The molecule has 4 heteroatoms. The molecular formula is C15H16N2O2. The molecule has 0 spiro atoms. The lowest BCUT2D eigenvalue weighted by Gasteiger charge is -2.14. The number of phenols is 1. The molecule has 0 aliphatic heterocycles. The molecule has 98 valence electrons. The number of hydrogen-bond acceptors (Lipinski definition) is 3. The lowest BCUT2D eigenvalue weighted by Crippen LogP contribution is -2.26. The largest absolute Gasteiger partial charge is 0.508 e. The summed E-state index contributed by atoms with van der Waals surface area (Å²) in [7, 11) is 0. The first kappa shape index (κ1) is 13.1. The molecule has 0 saturated heterocycles. The number of pyridine rings is 1. The number of nitrogens with zero attached hydrogens (tertiary/aromatic N) is 1. The Morgan fingerprint density at radius 2 is 1.95 bits per heavy atom. The second kappa shape index (κ2) is 5.52. The topological polar surface area (TPSA) is 62.2 Å². The Morgan fingerprint density at radius 1 is 1.26 bits per heavy atom. The van der Waals surface area contributed by atoms with Crippen molar-refractivity contribution >= 4 is 5.91 Å². The molecule has 1 atom stereocenters. The minimum Gasteiger partial charge on any atom is -0.508 e. The Balaban J connectivity index is 2.11. The SMILES string of the molecule is Cc1ccc(C(=O)NC(C)c2ccncc2)cc1O. The summed E-state index contributed by atoms with van der Waals surface area (Å²) in [6.07, 6.45) is 3.38. The van der Waals surface area contributed by atoms with E-state index in [0.29, 0.717) is 5.56 Å². The number of benzene rings is 1. The molecule has 0 aliphatic carbocycles. The van der Waals surface area contributed by atoms with E-state index >= 15 is 0 Å². The van der Waals surface area contributed by atoms with Crippen LogP contribution in [0.25, 0.3) is 0 Å². The van der Waals surface area contributed by atoms with Crippen LogP contribution in [-0.2, 0) is 0 Å². The summed E-state index contributed by atoms with van der Waals surface area (Å²) in [4.78, 5) is 16.0. The summed E-state index contributed by atoms with van der Waals surface area (Å²) in [6, 6.07) is 8.50. The molecule has 1 aromatic heterocycles. The predicted octanol–water partition coefficient (Wildman–Crippen LogP) is 2.59. The fraction of sp³-hybridized carbons (Fsp3) is 0.200. The number of phenolic OH excluding ortho intramolecular Hbond substituents is 1. The van der Waals surface area contributed by atoms with E-state index in [-0.39, 0.29) is 17.7 Å². The first-order chi connectivity index (χ1) is 9.08. The number of rotatable bonds is 3. The third-order valence-electron chi connectivity index (χ3n) is 3.03. The molecule has 0 saturated carbocycles. The Kier molecular flexibility index (Phi) is 3.80. The first-order valence-electron chi connectivity index (χ1n) is 6.08. The van der Waals surface area contributed by atoms with Gasteiger partial charge in [-0.1, -0.05) is 6.07 Å². The van der Waals surface area contributed by atoms with Gasteiger partial charge in [-0.15, -0.1) is 0 Å². The standard InChI is InChI=1S/C15H16N2O2/c1-10-3-4-13(9-14(10)18)15(19)17-11(2)12-5-7-16-8-6-12/h3-9,11,18H,1-2H3,(H,17,19). The Bertz CT molecular complexity index is 582. The highest BCUT2D eigenvalue weighted by Crippen LogP contribution is 2.18. The van der Waals surface area contributed by atoms with Gasteiger partial charge in [0.2, 0.25) is 0 Å². The minimum atomic E-state index is -0.209. The van der Waals surface area contributed by atoms with Crippen LogP contribution in [0, 0.1) is 6.92 Å². The molecule has 1 heterocycles. The Morgan fingerprint density at radius 3 is 2.58 bits per heavy atom. The molecule has 4 nitrogen and oxygen atoms in total. The van der Waals surface area contributed by atoms with Crippen LogP contribution in [0.4, 0.5) is 0 Å². The highest BCUT2D eigenvalue weighted by atomic mass is 16.3. The third-order valence-corrected chi connectivity index (χ3v) is 3.03. The summed E-state index contributed by atoms with van der Waals surface area (Å²) in [5.74, 6) is -0.0798. The van der Waals surface area contributed by atoms with Gasteiger partial charge in [-0.05, 0) is 49.2 Å². The summed E-state index contributed by atoms with van der Waals surface area (Å²) >= 11 is 0. The molecular weight excluding hydrogens is 240 g/mol. The van der Waals surface area contributed by atoms with Gasteiger partial charge in [0, 0.05) is 18.0 Å². The van der Waals surface area contributed by atoms with E-state index in [4.69, 9.17) is 0 Å². The van der Waals surface area contributed by atoms with Gasteiger partial charge in [-0.25, -0.2) is 0 Å². The number of aromatic nitrogens is 1. The fourth-order valence-electron chi connectivity index (χ4n) is 1.77. The average molecular weight is 256 g/mol. The normalized spacial score (nSPS) is 11.9. The van der Waals surface area contributed by atoms with Crippen LogP contribution in [0.2, 0.25) is 0 Å². The number of nitrogens with one attached hydrogen (secondary N) is 1. The molecule has 0 aliphatic rings. The average Bonchev–Trinajstić information content (AvgIpc) is 2.42. The summed E-state index contributed by atoms with van der Waals surface area (Å²) in [5, 5.41) is 12.5. The molecule has 1 amide bonds. The van der Waals surface area contributed by atoms with Gasteiger partial charge < -0.3 is 10.4 Å². The van der Waals surface area contributed by atoms with E-state index in [0.717, 1.165) is 11.1 Å². The van der Waals surface area contributed by atoms with Crippen molar-refractivity contribution in [3.8, 4) is 5.75 Å². The van der Waals surface area contributed by atoms with Gasteiger partial charge in [0.15, 0.2) is 0 Å². The zero-order valence-electron chi connectivity index (χ0n) is 10.9. The van der Waals surface area contributed by atoms with Crippen molar-refractivity contribution in [1.82, 2.24) is 10.3 Å². The molecule has 1 unspecified atom stereocenters. The third kappa shape index (κ3) is 3.10.